The molecule has 3 saturated heterocycles. The number of ether oxygens (including phenoxy) is 2. The number of aromatic nitrogens is 4. The Hall–Kier alpha value is -2.71. The van der Waals surface area contributed by atoms with Gasteiger partial charge in [-0.05, 0) is 13.8 Å². The lowest BCUT2D eigenvalue weighted by atomic mass is 10.2. The summed E-state index contributed by atoms with van der Waals surface area (Å²) in [6.45, 7) is 2.52. The minimum Gasteiger partial charge on any atom is -0.394 e. The standard InChI is InChI=1S/2C10H14N2O5.BHO4P/c2*1-5-3-12(10(16)11-9(5)15)8-2-6(14)7(4-13)17-8;2-6(3)4-1-5-6/h2*3,6-8,13-14H,2,4H2,1H3,(H,11,15,16);(H,2,3)/t2*6-,7+,8+;/m00./s1. The zero-order chi connectivity index (χ0) is 29.8. The van der Waals surface area contributed by atoms with Crippen LogP contribution in [0.25, 0.3) is 0 Å². The Balaban J connectivity index is 0.000000183. The van der Waals surface area contributed by atoms with Gasteiger partial charge >= 0.3 is 26.9 Å². The molecular formula is C20H29BN4O14P. The van der Waals surface area contributed by atoms with Crippen molar-refractivity contribution < 1.29 is 48.2 Å². The van der Waals surface area contributed by atoms with Crippen LogP contribution in [-0.4, -0.2) is 89.7 Å². The summed E-state index contributed by atoms with van der Waals surface area (Å²) in [5, 5.41) is 37.0. The molecule has 5 rings (SSSR count). The fraction of sp³-hybridized carbons (Fsp3) is 0.600. The quantitative estimate of drug-likeness (QED) is 0.135. The number of aromatic amines is 2. The maximum atomic E-state index is 11.6. The van der Waals surface area contributed by atoms with E-state index in [2.05, 4.69) is 18.9 Å². The normalized spacial score (nSPS) is 28.4. The van der Waals surface area contributed by atoms with Gasteiger partial charge in [0.2, 0.25) is 0 Å². The third-order valence-electron chi connectivity index (χ3n) is 6.03. The van der Waals surface area contributed by atoms with E-state index in [0.717, 1.165) is 7.69 Å². The van der Waals surface area contributed by atoms with Gasteiger partial charge in [-0.25, -0.2) is 14.2 Å². The summed E-state index contributed by atoms with van der Waals surface area (Å²) >= 11 is 0. The van der Waals surface area contributed by atoms with Crippen LogP contribution in [0.4, 0.5) is 0 Å². The predicted molar refractivity (Wildman–Crippen MR) is 133 cm³/mol. The van der Waals surface area contributed by atoms with E-state index in [9.17, 15) is 34.0 Å². The first-order valence-corrected chi connectivity index (χ1v) is 13.3. The van der Waals surface area contributed by atoms with E-state index >= 15 is 0 Å². The van der Waals surface area contributed by atoms with Gasteiger partial charge in [-0.15, -0.1) is 0 Å². The number of hydrogen-bond acceptors (Lipinski definition) is 13. The molecule has 1 radical (unpaired) electrons. The molecule has 0 amide bonds. The number of hydrogen-bond donors (Lipinski definition) is 7. The second kappa shape index (κ2) is 13.3. The Morgan fingerprint density at radius 3 is 1.45 bits per heavy atom. The molecule has 7 N–H and O–H groups in total. The van der Waals surface area contributed by atoms with Crippen molar-refractivity contribution in [3.63, 3.8) is 0 Å². The minimum atomic E-state index is -3.52. The van der Waals surface area contributed by atoms with Gasteiger partial charge in [0.25, 0.3) is 11.1 Å². The first-order chi connectivity index (χ1) is 18.8. The lowest BCUT2D eigenvalue weighted by molar-refractivity contribution is -0.0459. The average molecular weight is 591 g/mol. The second-order valence-electron chi connectivity index (χ2n) is 8.96. The van der Waals surface area contributed by atoms with Gasteiger partial charge in [0, 0.05) is 36.4 Å². The minimum absolute atomic E-state index is 0.205. The highest BCUT2D eigenvalue weighted by Gasteiger charge is 2.36. The Labute approximate surface area is 225 Å². The van der Waals surface area contributed by atoms with Gasteiger partial charge in [0.15, 0.2) is 0 Å². The van der Waals surface area contributed by atoms with E-state index in [1.807, 2.05) is 0 Å². The fourth-order valence-corrected chi connectivity index (χ4v) is 4.05. The summed E-state index contributed by atoms with van der Waals surface area (Å²) in [5.74, 6) is 0. The Bertz CT molecular complexity index is 1350. The fourth-order valence-electron chi connectivity index (χ4n) is 3.82. The van der Waals surface area contributed by atoms with Crippen molar-refractivity contribution in [3.8, 4) is 0 Å². The number of aliphatic hydroxyl groups is 4. The molecule has 3 aliphatic rings. The molecule has 0 unspecified atom stereocenters. The number of H-pyrrole nitrogens is 2. The van der Waals surface area contributed by atoms with Crippen molar-refractivity contribution in [1.29, 1.82) is 0 Å². The van der Waals surface area contributed by atoms with Crippen LogP contribution in [0.2, 0.25) is 0 Å². The third-order valence-corrected chi connectivity index (χ3v) is 6.74. The van der Waals surface area contributed by atoms with Crippen LogP contribution in [0.3, 0.4) is 0 Å². The van der Waals surface area contributed by atoms with E-state index in [4.69, 9.17) is 24.6 Å². The van der Waals surface area contributed by atoms with Gasteiger partial charge in [-0.1, -0.05) is 0 Å². The zero-order valence-corrected chi connectivity index (χ0v) is 22.2. The van der Waals surface area contributed by atoms with Gasteiger partial charge in [-0.3, -0.25) is 28.7 Å². The molecule has 18 nitrogen and oxygen atoms in total. The highest BCUT2D eigenvalue weighted by molar-refractivity contribution is 7.52. The van der Waals surface area contributed by atoms with Crippen LogP contribution in [0.5, 0.6) is 0 Å². The molecule has 20 heteroatoms. The largest absolute Gasteiger partial charge is 0.505 e. The number of aryl methyl sites for hydroxylation is 2. The van der Waals surface area contributed by atoms with E-state index < -0.39 is 67.2 Å². The summed E-state index contributed by atoms with van der Waals surface area (Å²) < 4.78 is 30.6. The molecule has 3 fully saturated rings. The summed E-state index contributed by atoms with van der Waals surface area (Å²) in [5.41, 5.74) is -1.29. The van der Waals surface area contributed by atoms with Gasteiger partial charge in [0.1, 0.15) is 24.7 Å². The molecule has 5 heterocycles. The molecule has 0 bridgehead atoms. The van der Waals surface area contributed by atoms with E-state index in [1.54, 1.807) is 13.8 Å². The molecular weight excluding hydrogens is 562 g/mol. The van der Waals surface area contributed by atoms with E-state index in [1.165, 1.54) is 21.5 Å². The maximum absolute atomic E-state index is 11.6. The third kappa shape index (κ3) is 7.73. The van der Waals surface area contributed by atoms with Gasteiger partial charge < -0.3 is 43.7 Å². The molecule has 221 valence electrons. The molecule has 40 heavy (non-hydrogen) atoms. The highest BCUT2D eigenvalue weighted by atomic mass is 31.2. The van der Waals surface area contributed by atoms with E-state index in [-0.39, 0.29) is 26.1 Å². The summed E-state index contributed by atoms with van der Waals surface area (Å²) in [6, 6.07) is 0. The van der Waals surface area contributed by atoms with Crippen LogP contribution < -0.4 is 22.5 Å². The van der Waals surface area contributed by atoms with Crippen LogP contribution in [0.15, 0.2) is 31.6 Å². The number of aliphatic hydroxyl groups excluding tert-OH is 4. The average Bonchev–Trinajstić information content (AvgIpc) is 3.45. The summed E-state index contributed by atoms with van der Waals surface area (Å²) in [4.78, 5) is 57.8. The number of nitrogens with zero attached hydrogens (tertiary/aromatic N) is 2. The molecule has 2 aromatic rings. The van der Waals surface area contributed by atoms with Crippen molar-refractivity contribution in [1.82, 2.24) is 19.1 Å². The van der Waals surface area contributed by atoms with Crippen molar-refractivity contribution >= 4 is 15.5 Å². The maximum Gasteiger partial charge on any atom is 0.505 e. The van der Waals surface area contributed by atoms with Crippen LogP contribution in [0, 0.1) is 13.8 Å². The Morgan fingerprint density at radius 2 is 1.20 bits per heavy atom. The lowest BCUT2D eigenvalue weighted by Crippen LogP contribution is -2.33. The van der Waals surface area contributed by atoms with Crippen molar-refractivity contribution in [2.45, 2.75) is 63.6 Å². The molecule has 2 aromatic heterocycles. The highest BCUT2D eigenvalue weighted by Crippen LogP contribution is 2.49. The number of phosphoric acid groups is 1. The molecule has 3 aliphatic heterocycles. The van der Waals surface area contributed by atoms with Crippen LogP contribution in [-0.2, 0) is 22.9 Å². The topological polar surface area (TPSA) is 265 Å². The second-order valence-corrected chi connectivity index (χ2v) is 10.3. The first-order valence-electron chi connectivity index (χ1n) is 11.8. The number of rotatable bonds is 4. The van der Waals surface area contributed by atoms with E-state index in [0.29, 0.717) is 11.1 Å². The molecule has 0 aromatic carbocycles. The summed E-state index contributed by atoms with van der Waals surface area (Å²) in [7, 11) is -2.70. The Morgan fingerprint density at radius 1 is 0.850 bits per heavy atom. The number of nitrogens with one attached hydrogen (secondary N) is 2. The Kier molecular flexibility index (Phi) is 10.6. The van der Waals surface area contributed by atoms with Crippen molar-refractivity contribution in [2.24, 2.45) is 0 Å². The first kappa shape index (κ1) is 31.8. The summed E-state index contributed by atoms with van der Waals surface area (Å²) in [6.07, 6.45) is -1.16. The SMILES string of the molecule is Cc1cn([C@H]2C[C@H](O)[C@@H](CO)O2)c(=O)[nH]c1=O.Cc1cn([C@H]2C[C@H](O)[C@@H](CO)O2)c(=O)[nH]c1=O.O=P1(O)O[B]O1. The molecule has 0 aliphatic carbocycles. The molecule has 0 saturated carbocycles. The lowest BCUT2D eigenvalue weighted by Gasteiger charge is -2.17. The monoisotopic (exact) mass is 591 g/mol. The smallest absolute Gasteiger partial charge is 0.394 e. The van der Waals surface area contributed by atoms with Crippen molar-refractivity contribution in [2.75, 3.05) is 13.2 Å². The van der Waals surface area contributed by atoms with Crippen LogP contribution >= 0.6 is 7.82 Å². The van der Waals surface area contributed by atoms with Crippen molar-refractivity contribution in [3.05, 3.63) is 65.2 Å². The van der Waals surface area contributed by atoms with Crippen LogP contribution in [0.1, 0.15) is 36.4 Å². The van der Waals surface area contributed by atoms with Gasteiger partial charge in [0.05, 0.1) is 25.4 Å². The van der Waals surface area contributed by atoms with Gasteiger partial charge in [-0.2, -0.15) is 0 Å². The predicted octanol–water partition coefficient (Wildman–Crippen LogP) is -3.36. The molecule has 0 spiro atoms. The molecule has 6 atom stereocenters. The zero-order valence-electron chi connectivity index (χ0n) is 21.3.